The molecular formula is C16H31N3O. The number of rotatable bonds is 5. The lowest BCUT2D eigenvalue weighted by Gasteiger charge is -2.36. The Balaban J connectivity index is 1.69. The van der Waals surface area contributed by atoms with Crippen molar-refractivity contribution in [2.75, 3.05) is 39.3 Å². The molecule has 1 atom stereocenters. The van der Waals surface area contributed by atoms with E-state index in [0.29, 0.717) is 18.5 Å². The molecule has 2 fully saturated rings. The summed E-state index contributed by atoms with van der Waals surface area (Å²) < 4.78 is 0. The van der Waals surface area contributed by atoms with E-state index in [4.69, 9.17) is 0 Å². The molecule has 1 N–H and O–H groups in total. The molecule has 4 nitrogen and oxygen atoms in total. The highest BCUT2D eigenvalue weighted by Gasteiger charge is 2.26. The smallest absolute Gasteiger partial charge is 0.236 e. The van der Waals surface area contributed by atoms with Gasteiger partial charge in [0.15, 0.2) is 0 Å². The van der Waals surface area contributed by atoms with Crippen LogP contribution in [0.5, 0.6) is 0 Å². The summed E-state index contributed by atoms with van der Waals surface area (Å²) in [5.74, 6) is 1.12. The van der Waals surface area contributed by atoms with Crippen LogP contribution in [-0.2, 0) is 4.79 Å². The van der Waals surface area contributed by atoms with Crippen LogP contribution >= 0.6 is 0 Å². The highest BCUT2D eigenvalue weighted by Crippen LogP contribution is 2.20. The Labute approximate surface area is 123 Å². The van der Waals surface area contributed by atoms with Crippen LogP contribution < -0.4 is 5.32 Å². The first-order valence-electron chi connectivity index (χ1n) is 8.44. The average Bonchev–Trinajstić information content (AvgIpc) is 2.49. The van der Waals surface area contributed by atoms with E-state index >= 15 is 0 Å². The zero-order valence-corrected chi connectivity index (χ0v) is 13.2. The summed E-state index contributed by atoms with van der Waals surface area (Å²) in [5.41, 5.74) is 0. The van der Waals surface area contributed by atoms with Gasteiger partial charge in [-0.3, -0.25) is 9.69 Å². The van der Waals surface area contributed by atoms with Crippen LogP contribution in [-0.4, -0.2) is 61.0 Å². The van der Waals surface area contributed by atoms with Gasteiger partial charge in [-0.05, 0) is 64.6 Å². The van der Waals surface area contributed by atoms with Crippen molar-refractivity contribution in [3.63, 3.8) is 0 Å². The van der Waals surface area contributed by atoms with Crippen molar-refractivity contribution in [1.29, 1.82) is 0 Å². The first-order valence-corrected chi connectivity index (χ1v) is 8.44. The molecule has 0 spiro atoms. The van der Waals surface area contributed by atoms with Gasteiger partial charge in [-0.1, -0.05) is 6.92 Å². The summed E-state index contributed by atoms with van der Waals surface area (Å²) in [5, 5.41) is 3.53. The molecule has 2 rings (SSSR count). The molecule has 0 saturated carbocycles. The van der Waals surface area contributed by atoms with E-state index in [1.165, 1.54) is 32.1 Å². The molecule has 2 aliphatic rings. The number of hydrogen-bond donors (Lipinski definition) is 1. The van der Waals surface area contributed by atoms with E-state index in [2.05, 4.69) is 29.0 Å². The maximum Gasteiger partial charge on any atom is 0.236 e. The number of nitrogens with one attached hydrogen (secondary N) is 1. The van der Waals surface area contributed by atoms with Crippen molar-refractivity contribution < 1.29 is 4.79 Å². The van der Waals surface area contributed by atoms with E-state index in [1.54, 1.807) is 0 Å². The van der Waals surface area contributed by atoms with Crippen LogP contribution in [0.3, 0.4) is 0 Å². The minimum absolute atomic E-state index is 0.350. The van der Waals surface area contributed by atoms with Crippen LogP contribution in [0.15, 0.2) is 0 Å². The van der Waals surface area contributed by atoms with Gasteiger partial charge in [-0.2, -0.15) is 0 Å². The number of nitrogens with zero attached hydrogens (tertiary/aromatic N) is 2. The SMILES string of the molecule is CCNC(C)C1CCN(CC(=O)N2CCCCC2)CC1. The van der Waals surface area contributed by atoms with Crippen molar-refractivity contribution in [1.82, 2.24) is 15.1 Å². The fourth-order valence-electron chi connectivity index (χ4n) is 3.53. The Morgan fingerprint density at radius 1 is 1.15 bits per heavy atom. The Morgan fingerprint density at radius 3 is 2.40 bits per heavy atom. The number of amides is 1. The summed E-state index contributed by atoms with van der Waals surface area (Å²) in [7, 11) is 0. The first-order chi connectivity index (χ1) is 9.70. The molecule has 2 aliphatic heterocycles. The fraction of sp³-hybridized carbons (Fsp3) is 0.938. The lowest BCUT2D eigenvalue weighted by Crippen LogP contribution is -2.47. The van der Waals surface area contributed by atoms with Gasteiger partial charge in [-0.15, -0.1) is 0 Å². The van der Waals surface area contributed by atoms with E-state index in [9.17, 15) is 4.79 Å². The summed E-state index contributed by atoms with van der Waals surface area (Å²) in [6.45, 7) is 10.3. The maximum absolute atomic E-state index is 12.3. The molecule has 0 aromatic carbocycles. The lowest BCUT2D eigenvalue weighted by atomic mass is 9.90. The fourth-order valence-corrected chi connectivity index (χ4v) is 3.53. The van der Waals surface area contributed by atoms with E-state index < -0.39 is 0 Å². The second-order valence-electron chi connectivity index (χ2n) is 6.40. The third-order valence-electron chi connectivity index (χ3n) is 4.93. The van der Waals surface area contributed by atoms with Crippen molar-refractivity contribution in [2.24, 2.45) is 5.92 Å². The molecule has 2 heterocycles. The van der Waals surface area contributed by atoms with Gasteiger partial charge >= 0.3 is 0 Å². The zero-order chi connectivity index (χ0) is 14.4. The normalized spacial score (nSPS) is 23.8. The number of likely N-dealkylation sites (tertiary alicyclic amines) is 2. The molecule has 0 bridgehead atoms. The second kappa shape index (κ2) is 7.99. The minimum atomic E-state index is 0.350. The zero-order valence-electron chi connectivity index (χ0n) is 13.2. The predicted octanol–water partition coefficient (Wildman–Crippen LogP) is 1.71. The lowest BCUT2D eigenvalue weighted by molar-refractivity contribution is -0.133. The quantitative estimate of drug-likeness (QED) is 0.833. The van der Waals surface area contributed by atoms with Crippen molar-refractivity contribution >= 4 is 5.91 Å². The molecule has 4 heteroatoms. The van der Waals surface area contributed by atoms with Crippen LogP contribution in [0.25, 0.3) is 0 Å². The summed E-state index contributed by atoms with van der Waals surface area (Å²) >= 11 is 0. The standard InChI is InChI=1S/C16H31N3O/c1-3-17-14(2)15-7-11-18(12-8-15)13-16(20)19-9-5-4-6-10-19/h14-15,17H,3-13H2,1-2H3. The number of piperidine rings is 2. The molecule has 1 amide bonds. The van der Waals surface area contributed by atoms with Crippen LogP contribution in [0.4, 0.5) is 0 Å². The van der Waals surface area contributed by atoms with Crippen molar-refractivity contribution in [2.45, 2.75) is 52.0 Å². The minimum Gasteiger partial charge on any atom is -0.342 e. The largest absolute Gasteiger partial charge is 0.342 e. The van der Waals surface area contributed by atoms with Gasteiger partial charge < -0.3 is 10.2 Å². The Bertz CT molecular complexity index is 294. The van der Waals surface area contributed by atoms with Gasteiger partial charge in [-0.25, -0.2) is 0 Å². The molecular weight excluding hydrogens is 250 g/mol. The summed E-state index contributed by atoms with van der Waals surface area (Å²) in [6, 6.07) is 0.611. The second-order valence-corrected chi connectivity index (χ2v) is 6.40. The molecule has 0 aromatic rings. The summed E-state index contributed by atoms with van der Waals surface area (Å²) in [6.07, 6.45) is 6.11. The highest BCUT2D eigenvalue weighted by atomic mass is 16.2. The molecule has 116 valence electrons. The van der Waals surface area contributed by atoms with Crippen LogP contribution in [0, 0.1) is 5.92 Å². The Kier molecular flexibility index (Phi) is 6.30. The molecule has 2 saturated heterocycles. The van der Waals surface area contributed by atoms with Gasteiger partial charge in [0, 0.05) is 19.1 Å². The van der Waals surface area contributed by atoms with Crippen molar-refractivity contribution in [3.05, 3.63) is 0 Å². The topological polar surface area (TPSA) is 35.6 Å². The van der Waals surface area contributed by atoms with E-state index in [1.807, 2.05) is 0 Å². The van der Waals surface area contributed by atoms with Crippen LogP contribution in [0.2, 0.25) is 0 Å². The van der Waals surface area contributed by atoms with E-state index in [0.717, 1.165) is 38.6 Å². The maximum atomic E-state index is 12.3. The average molecular weight is 281 g/mol. The van der Waals surface area contributed by atoms with Gasteiger partial charge in [0.1, 0.15) is 0 Å². The van der Waals surface area contributed by atoms with Crippen LogP contribution in [0.1, 0.15) is 46.0 Å². The summed E-state index contributed by atoms with van der Waals surface area (Å²) in [4.78, 5) is 16.7. The highest BCUT2D eigenvalue weighted by molar-refractivity contribution is 5.78. The molecule has 0 radical (unpaired) electrons. The first kappa shape index (κ1) is 15.8. The predicted molar refractivity (Wildman–Crippen MR) is 82.7 cm³/mol. The number of carbonyl (C=O) groups excluding carboxylic acids is 1. The Hall–Kier alpha value is -0.610. The van der Waals surface area contributed by atoms with Gasteiger partial charge in [0.05, 0.1) is 6.54 Å². The number of hydrogen-bond acceptors (Lipinski definition) is 3. The molecule has 0 aliphatic carbocycles. The third-order valence-corrected chi connectivity index (χ3v) is 4.93. The monoisotopic (exact) mass is 281 g/mol. The van der Waals surface area contributed by atoms with Crippen molar-refractivity contribution in [3.8, 4) is 0 Å². The van der Waals surface area contributed by atoms with Gasteiger partial charge in [0.2, 0.25) is 5.91 Å². The number of carbonyl (C=O) groups is 1. The third kappa shape index (κ3) is 4.45. The molecule has 0 aromatic heterocycles. The van der Waals surface area contributed by atoms with Gasteiger partial charge in [0.25, 0.3) is 0 Å². The van der Waals surface area contributed by atoms with E-state index in [-0.39, 0.29) is 0 Å². The Morgan fingerprint density at radius 2 is 1.80 bits per heavy atom. The molecule has 1 unspecified atom stereocenters. The molecule has 20 heavy (non-hydrogen) atoms.